The highest BCUT2D eigenvalue weighted by Gasteiger charge is 2.17. The van der Waals surface area contributed by atoms with Gasteiger partial charge in [-0.2, -0.15) is 0 Å². The third-order valence-corrected chi connectivity index (χ3v) is 3.33. The monoisotopic (exact) mass is 274 g/mol. The van der Waals surface area contributed by atoms with E-state index in [0.29, 0.717) is 24.5 Å². The van der Waals surface area contributed by atoms with Crippen molar-refractivity contribution in [3.05, 3.63) is 23.0 Å². The predicted octanol–water partition coefficient (Wildman–Crippen LogP) is 3.31. The van der Waals surface area contributed by atoms with Crippen molar-refractivity contribution >= 4 is 23.0 Å². The van der Waals surface area contributed by atoms with Crippen LogP contribution in [-0.2, 0) is 4.74 Å². The molecule has 0 spiro atoms. The summed E-state index contributed by atoms with van der Waals surface area (Å²) in [7, 11) is 1.64. The van der Waals surface area contributed by atoms with Gasteiger partial charge in [-0.25, -0.2) is 4.39 Å². The van der Waals surface area contributed by atoms with E-state index in [-0.39, 0.29) is 11.1 Å². The molecule has 102 valence electrons. The van der Waals surface area contributed by atoms with Crippen molar-refractivity contribution < 1.29 is 9.13 Å². The smallest absolute Gasteiger partial charge is 0.144 e. The molecule has 0 bridgehead atoms. The second kappa shape index (κ2) is 6.81. The SMILES string of the molecule is CCC(C)N(CCOC)c1cc(F)c(Cl)cc1N. The summed E-state index contributed by atoms with van der Waals surface area (Å²) in [4.78, 5) is 2.04. The second-order valence-electron chi connectivity index (χ2n) is 4.27. The lowest BCUT2D eigenvalue weighted by Crippen LogP contribution is -2.36. The molecule has 1 rings (SSSR count). The molecule has 0 aromatic heterocycles. The van der Waals surface area contributed by atoms with E-state index in [1.165, 1.54) is 12.1 Å². The Bertz CT molecular complexity index is 401. The zero-order chi connectivity index (χ0) is 13.7. The first-order valence-corrected chi connectivity index (χ1v) is 6.39. The van der Waals surface area contributed by atoms with Gasteiger partial charge in [-0.15, -0.1) is 0 Å². The summed E-state index contributed by atoms with van der Waals surface area (Å²) in [5, 5.41) is 0.0482. The summed E-state index contributed by atoms with van der Waals surface area (Å²) in [6.07, 6.45) is 0.938. The van der Waals surface area contributed by atoms with Gasteiger partial charge in [0.1, 0.15) is 5.82 Å². The molecular weight excluding hydrogens is 255 g/mol. The van der Waals surface area contributed by atoms with Gasteiger partial charge in [0.05, 0.1) is 23.0 Å². The minimum absolute atomic E-state index is 0.0482. The molecule has 0 saturated carbocycles. The molecule has 0 heterocycles. The number of hydrogen-bond acceptors (Lipinski definition) is 3. The Labute approximate surface area is 113 Å². The molecule has 0 saturated heterocycles. The molecule has 1 unspecified atom stereocenters. The van der Waals surface area contributed by atoms with Crippen LogP contribution in [0.25, 0.3) is 0 Å². The number of nitrogens with two attached hydrogens (primary N) is 1. The van der Waals surface area contributed by atoms with Crippen LogP contribution in [0, 0.1) is 5.82 Å². The summed E-state index contributed by atoms with van der Waals surface area (Å²) < 4.78 is 18.6. The Balaban J connectivity index is 3.07. The van der Waals surface area contributed by atoms with Crippen LogP contribution >= 0.6 is 11.6 Å². The fourth-order valence-corrected chi connectivity index (χ4v) is 1.96. The van der Waals surface area contributed by atoms with E-state index in [4.69, 9.17) is 22.1 Å². The number of benzene rings is 1. The molecule has 0 aliphatic rings. The molecule has 3 nitrogen and oxygen atoms in total. The summed E-state index contributed by atoms with van der Waals surface area (Å²) >= 11 is 5.71. The minimum Gasteiger partial charge on any atom is -0.397 e. The van der Waals surface area contributed by atoms with Gasteiger partial charge < -0.3 is 15.4 Å². The van der Waals surface area contributed by atoms with Crippen LogP contribution in [0.4, 0.5) is 15.8 Å². The van der Waals surface area contributed by atoms with Crippen molar-refractivity contribution in [2.75, 3.05) is 30.9 Å². The van der Waals surface area contributed by atoms with E-state index in [1.54, 1.807) is 7.11 Å². The molecule has 1 atom stereocenters. The largest absolute Gasteiger partial charge is 0.397 e. The Morgan fingerprint density at radius 2 is 2.17 bits per heavy atom. The molecule has 0 aliphatic heterocycles. The van der Waals surface area contributed by atoms with E-state index in [2.05, 4.69) is 13.8 Å². The first kappa shape index (κ1) is 15.1. The van der Waals surface area contributed by atoms with Gasteiger partial charge in [0.2, 0.25) is 0 Å². The molecule has 1 aromatic rings. The van der Waals surface area contributed by atoms with Crippen molar-refractivity contribution in [1.29, 1.82) is 0 Å². The average molecular weight is 275 g/mol. The summed E-state index contributed by atoms with van der Waals surface area (Å²) in [6.45, 7) is 5.37. The lowest BCUT2D eigenvalue weighted by Gasteiger charge is -2.31. The maximum Gasteiger partial charge on any atom is 0.144 e. The van der Waals surface area contributed by atoms with Crippen molar-refractivity contribution in [3.8, 4) is 0 Å². The molecule has 1 aromatic carbocycles. The molecule has 2 N–H and O–H groups in total. The Kier molecular flexibility index (Phi) is 5.69. The van der Waals surface area contributed by atoms with Crippen molar-refractivity contribution in [1.82, 2.24) is 0 Å². The number of hydrogen-bond donors (Lipinski definition) is 1. The normalized spacial score (nSPS) is 12.5. The average Bonchev–Trinajstić information content (AvgIpc) is 2.35. The first-order chi connectivity index (χ1) is 8.51. The summed E-state index contributed by atoms with van der Waals surface area (Å²) in [6, 6.07) is 3.09. The number of nitrogens with zero attached hydrogens (tertiary/aromatic N) is 1. The lowest BCUT2D eigenvalue weighted by molar-refractivity contribution is 0.203. The highest BCUT2D eigenvalue weighted by atomic mass is 35.5. The number of halogens is 2. The van der Waals surface area contributed by atoms with Crippen molar-refractivity contribution in [3.63, 3.8) is 0 Å². The van der Waals surface area contributed by atoms with Crippen LogP contribution in [0.3, 0.4) is 0 Å². The summed E-state index contributed by atoms with van der Waals surface area (Å²) in [5.74, 6) is -0.452. The van der Waals surface area contributed by atoms with Gasteiger partial charge in [-0.3, -0.25) is 0 Å². The van der Waals surface area contributed by atoms with Crippen LogP contribution in [0.15, 0.2) is 12.1 Å². The molecule has 0 aliphatic carbocycles. The van der Waals surface area contributed by atoms with Gasteiger partial charge in [0.25, 0.3) is 0 Å². The maximum absolute atomic E-state index is 13.6. The third-order valence-electron chi connectivity index (χ3n) is 3.04. The van der Waals surface area contributed by atoms with Crippen LogP contribution in [0.2, 0.25) is 5.02 Å². The molecule has 18 heavy (non-hydrogen) atoms. The predicted molar refractivity (Wildman–Crippen MR) is 74.8 cm³/mol. The fraction of sp³-hybridized carbons (Fsp3) is 0.538. The molecule has 0 radical (unpaired) electrons. The standard InChI is InChI=1S/C13H20ClFN2O/c1-4-9(2)17(5-6-18-3)13-8-11(15)10(14)7-12(13)16/h7-9H,4-6,16H2,1-3H3. The lowest BCUT2D eigenvalue weighted by atomic mass is 10.1. The highest BCUT2D eigenvalue weighted by molar-refractivity contribution is 6.31. The Hall–Kier alpha value is -1.00. The second-order valence-corrected chi connectivity index (χ2v) is 4.68. The molecular formula is C13H20ClFN2O. The van der Waals surface area contributed by atoms with Gasteiger partial charge in [0, 0.05) is 25.8 Å². The zero-order valence-electron chi connectivity index (χ0n) is 11.0. The number of methoxy groups -OCH3 is 1. The van der Waals surface area contributed by atoms with Crippen LogP contribution in [0.5, 0.6) is 0 Å². The number of ether oxygens (including phenoxy) is 1. The van der Waals surface area contributed by atoms with Gasteiger partial charge in [-0.1, -0.05) is 18.5 Å². The number of anilines is 2. The van der Waals surface area contributed by atoms with E-state index in [1.807, 2.05) is 4.90 Å². The van der Waals surface area contributed by atoms with E-state index in [9.17, 15) is 4.39 Å². The van der Waals surface area contributed by atoms with Crippen molar-refractivity contribution in [2.45, 2.75) is 26.3 Å². The van der Waals surface area contributed by atoms with Gasteiger partial charge in [-0.05, 0) is 19.4 Å². The topological polar surface area (TPSA) is 38.5 Å². The Morgan fingerprint density at radius 1 is 1.50 bits per heavy atom. The quantitative estimate of drug-likeness (QED) is 0.809. The van der Waals surface area contributed by atoms with Crippen molar-refractivity contribution in [2.24, 2.45) is 0 Å². The number of nitrogen functional groups attached to an aromatic ring is 1. The van der Waals surface area contributed by atoms with Gasteiger partial charge in [0.15, 0.2) is 0 Å². The molecule has 0 fully saturated rings. The maximum atomic E-state index is 13.6. The molecule has 0 amide bonds. The summed E-state index contributed by atoms with van der Waals surface area (Å²) in [5.41, 5.74) is 7.08. The van der Waals surface area contributed by atoms with Gasteiger partial charge >= 0.3 is 0 Å². The van der Waals surface area contributed by atoms with Crippen LogP contribution in [-0.4, -0.2) is 26.3 Å². The molecule has 5 heteroatoms. The first-order valence-electron chi connectivity index (χ1n) is 6.01. The van der Waals surface area contributed by atoms with Crippen LogP contribution < -0.4 is 10.6 Å². The van der Waals surface area contributed by atoms with E-state index < -0.39 is 5.82 Å². The fourth-order valence-electron chi connectivity index (χ4n) is 1.79. The Morgan fingerprint density at radius 3 is 2.72 bits per heavy atom. The van der Waals surface area contributed by atoms with Crippen LogP contribution in [0.1, 0.15) is 20.3 Å². The van der Waals surface area contributed by atoms with E-state index >= 15 is 0 Å². The number of rotatable bonds is 6. The van der Waals surface area contributed by atoms with E-state index in [0.717, 1.165) is 6.42 Å². The minimum atomic E-state index is -0.452. The zero-order valence-corrected chi connectivity index (χ0v) is 11.8. The third kappa shape index (κ3) is 3.50. The highest BCUT2D eigenvalue weighted by Crippen LogP contribution is 2.30.